The van der Waals surface area contributed by atoms with E-state index in [-0.39, 0.29) is 12.1 Å². The molecule has 1 heterocycles. The summed E-state index contributed by atoms with van der Waals surface area (Å²) in [5, 5.41) is 0. The molecule has 0 spiro atoms. The molecule has 0 amide bonds. The van der Waals surface area contributed by atoms with Crippen LogP contribution in [0.15, 0.2) is 4.99 Å². The number of carbonyl (C=O) groups is 1. The van der Waals surface area contributed by atoms with Crippen LogP contribution in [-0.4, -0.2) is 43.3 Å². The fourth-order valence-corrected chi connectivity index (χ4v) is 2.43. The molecule has 2 aliphatic rings. The smallest absolute Gasteiger partial charge is 0.338 e. The predicted molar refractivity (Wildman–Crippen MR) is 71.2 cm³/mol. The highest BCUT2D eigenvalue weighted by Gasteiger charge is 2.51. The van der Waals surface area contributed by atoms with Crippen molar-refractivity contribution < 1.29 is 19.0 Å². The maximum absolute atomic E-state index is 11.6. The lowest BCUT2D eigenvalue weighted by molar-refractivity contribution is -0.144. The summed E-state index contributed by atoms with van der Waals surface area (Å²) in [6.07, 6.45) is 5.10. The first-order valence-electron chi connectivity index (χ1n) is 7.28. The van der Waals surface area contributed by atoms with Crippen LogP contribution in [0.4, 0.5) is 0 Å². The van der Waals surface area contributed by atoms with Gasteiger partial charge in [0.15, 0.2) is 12.2 Å². The Kier molecular flexibility index (Phi) is 5.19. The Morgan fingerprint density at radius 3 is 2.42 bits per heavy atom. The van der Waals surface area contributed by atoms with Gasteiger partial charge in [0, 0.05) is 0 Å². The number of esters is 1. The molecule has 1 saturated heterocycles. The normalized spacial score (nSPS) is 28.0. The molecule has 0 radical (unpaired) electrons. The quantitative estimate of drug-likeness (QED) is 0.332. The molecule has 1 aliphatic heterocycles. The zero-order valence-corrected chi connectivity index (χ0v) is 11.8. The summed E-state index contributed by atoms with van der Waals surface area (Å²) < 4.78 is 15.8. The molecule has 0 aromatic rings. The first-order valence-corrected chi connectivity index (χ1v) is 7.28. The molecule has 19 heavy (non-hydrogen) atoms. The highest BCUT2D eigenvalue weighted by atomic mass is 16.7. The van der Waals surface area contributed by atoms with Crippen molar-refractivity contribution in [2.45, 2.75) is 64.2 Å². The van der Waals surface area contributed by atoms with E-state index in [1.165, 1.54) is 19.3 Å². The van der Waals surface area contributed by atoms with Crippen molar-refractivity contribution in [1.29, 1.82) is 0 Å². The summed E-state index contributed by atoms with van der Waals surface area (Å²) in [4.78, 5) is 16.2. The van der Waals surface area contributed by atoms with Gasteiger partial charge in [-0.25, -0.2) is 9.79 Å². The van der Waals surface area contributed by atoms with E-state index in [1.807, 2.05) is 6.92 Å². The zero-order valence-electron chi connectivity index (χ0n) is 11.8. The van der Waals surface area contributed by atoms with E-state index >= 15 is 0 Å². The van der Waals surface area contributed by atoms with E-state index in [0.29, 0.717) is 25.2 Å². The van der Waals surface area contributed by atoms with Crippen LogP contribution in [0.5, 0.6) is 0 Å². The Balaban J connectivity index is 1.93. The van der Waals surface area contributed by atoms with Gasteiger partial charge in [0.1, 0.15) is 0 Å². The minimum Gasteiger partial charge on any atom is -0.479 e. The van der Waals surface area contributed by atoms with Crippen LogP contribution in [0.2, 0.25) is 0 Å². The van der Waals surface area contributed by atoms with Crippen molar-refractivity contribution in [3.8, 4) is 0 Å². The number of hydrogen-bond donors (Lipinski definition) is 0. The molecule has 1 aliphatic carbocycles. The SMILES string of the molecule is CCOC(=O)C1OC1C(=NC1CCCCC1)OCC. The summed E-state index contributed by atoms with van der Waals surface area (Å²) in [6.45, 7) is 4.61. The molecule has 0 bridgehead atoms. The van der Waals surface area contributed by atoms with Crippen molar-refractivity contribution in [2.75, 3.05) is 13.2 Å². The molecule has 2 fully saturated rings. The molecule has 2 atom stereocenters. The number of nitrogens with zero attached hydrogens (tertiary/aromatic N) is 1. The van der Waals surface area contributed by atoms with E-state index < -0.39 is 6.10 Å². The van der Waals surface area contributed by atoms with Crippen molar-refractivity contribution in [3.63, 3.8) is 0 Å². The zero-order chi connectivity index (χ0) is 13.7. The lowest BCUT2D eigenvalue weighted by atomic mass is 9.96. The average molecular weight is 269 g/mol. The van der Waals surface area contributed by atoms with E-state index in [1.54, 1.807) is 6.92 Å². The fraction of sp³-hybridized carbons (Fsp3) is 0.857. The molecule has 108 valence electrons. The monoisotopic (exact) mass is 269 g/mol. The third kappa shape index (κ3) is 3.93. The van der Waals surface area contributed by atoms with Crippen LogP contribution < -0.4 is 0 Å². The van der Waals surface area contributed by atoms with Gasteiger partial charge in [0.25, 0.3) is 0 Å². The highest BCUT2D eigenvalue weighted by molar-refractivity contribution is 5.92. The predicted octanol–water partition coefficient (Wildman–Crippen LogP) is 2.08. The number of ether oxygens (including phenoxy) is 3. The third-order valence-electron chi connectivity index (χ3n) is 3.43. The maximum Gasteiger partial charge on any atom is 0.338 e. The van der Waals surface area contributed by atoms with Crippen LogP contribution in [0, 0.1) is 0 Å². The lowest BCUT2D eigenvalue weighted by Gasteiger charge is -2.18. The second kappa shape index (κ2) is 6.89. The summed E-state index contributed by atoms with van der Waals surface area (Å²) in [6, 6.07) is 0.322. The summed E-state index contributed by atoms with van der Waals surface area (Å²) in [7, 11) is 0. The first kappa shape index (κ1) is 14.3. The van der Waals surface area contributed by atoms with Crippen LogP contribution in [0.3, 0.4) is 0 Å². The summed E-state index contributed by atoms with van der Waals surface area (Å²) in [5.41, 5.74) is 0. The van der Waals surface area contributed by atoms with Crippen LogP contribution in [-0.2, 0) is 19.0 Å². The van der Waals surface area contributed by atoms with E-state index in [4.69, 9.17) is 14.2 Å². The van der Waals surface area contributed by atoms with Gasteiger partial charge in [-0.3, -0.25) is 0 Å². The van der Waals surface area contributed by atoms with Gasteiger partial charge in [0.2, 0.25) is 5.90 Å². The second-order valence-electron chi connectivity index (χ2n) is 4.92. The van der Waals surface area contributed by atoms with Gasteiger partial charge >= 0.3 is 5.97 Å². The Bertz CT molecular complexity index is 336. The molecule has 1 saturated carbocycles. The molecule has 0 aromatic heterocycles. The molecule has 5 heteroatoms. The maximum atomic E-state index is 11.6. The third-order valence-corrected chi connectivity index (χ3v) is 3.43. The van der Waals surface area contributed by atoms with Crippen molar-refractivity contribution in [1.82, 2.24) is 0 Å². The Labute approximate surface area is 114 Å². The average Bonchev–Trinajstić information content (AvgIpc) is 3.20. The van der Waals surface area contributed by atoms with Crippen molar-refractivity contribution in [3.05, 3.63) is 0 Å². The number of rotatable bonds is 5. The number of hydrogen-bond acceptors (Lipinski definition) is 5. The highest BCUT2D eigenvalue weighted by Crippen LogP contribution is 2.28. The number of carbonyl (C=O) groups excluding carboxylic acids is 1. The summed E-state index contributed by atoms with van der Waals surface area (Å²) >= 11 is 0. The molecular formula is C14H23NO4. The molecule has 0 aromatic carbocycles. The van der Waals surface area contributed by atoms with E-state index in [0.717, 1.165) is 12.8 Å². The second-order valence-corrected chi connectivity index (χ2v) is 4.92. The Morgan fingerprint density at radius 2 is 1.79 bits per heavy atom. The topological polar surface area (TPSA) is 60.4 Å². The molecule has 5 nitrogen and oxygen atoms in total. The van der Waals surface area contributed by atoms with Crippen molar-refractivity contribution in [2.24, 2.45) is 4.99 Å². The fourth-order valence-electron chi connectivity index (χ4n) is 2.43. The van der Waals surface area contributed by atoms with E-state index in [9.17, 15) is 4.79 Å². The van der Waals surface area contributed by atoms with Crippen LogP contribution in [0.25, 0.3) is 0 Å². The number of epoxide rings is 1. The van der Waals surface area contributed by atoms with Gasteiger partial charge in [-0.15, -0.1) is 0 Å². The molecule has 2 rings (SSSR count). The van der Waals surface area contributed by atoms with Gasteiger partial charge in [-0.05, 0) is 26.7 Å². The van der Waals surface area contributed by atoms with E-state index in [2.05, 4.69) is 4.99 Å². The Morgan fingerprint density at radius 1 is 1.11 bits per heavy atom. The van der Waals surface area contributed by atoms with Gasteiger partial charge < -0.3 is 14.2 Å². The standard InChI is InChI=1S/C14H23NO4/c1-3-17-13(15-10-8-6-5-7-9-10)11-12(19-11)14(16)18-4-2/h10-12H,3-9H2,1-2H3. The van der Waals surface area contributed by atoms with Crippen molar-refractivity contribution >= 4 is 11.9 Å². The first-order chi connectivity index (χ1) is 9.26. The Hall–Kier alpha value is -1.10. The minimum absolute atomic E-state index is 0.316. The van der Waals surface area contributed by atoms with Crippen LogP contribution >= 0.6 is 0 Å². The molecule has 0 N–H and O–H groups in total. The molecular weight excluding hydrogens is 246 g/mol. The largest absolute Gasteiger partial charge is 0.479 e. The summed E-state index contributed by atoms with van der Waals surface area (Å²) in [5.74, 6) is 0.260. The molecule has 2 unspecified atom stereocenters. The van der Waals surface area contributed by atoms with Gasteiger partial charge in [0.05, 0.1) is 19.3 Å². The minimum atomic E-state index is -0.520. The lowest BCUT2D eigenvalue weighted by Crippen LogP contribution is -2.23. The van der Waals surface area contributed by atoms with Crippen LogP contribution in [0.1, 0.15) is 46.0 Å². The van der Waals surface area contributed by atoms with Gasteiger partial charge in [-0.2, -0.15) is 0 Å². The number of aliphatic imine (C=N–C) groups is 1. The van der Waals surface area contributed by atoms with Gasteiger partial charge in [-0.1, -0.05) is 19.3 Å².